The minimum atomic E-state index is -0.590. The van der Waals surface area contributed by atoms with Crippen molar-refractivity contribution in [3.8, 4) is 0 Å². The maximum absolute atomic E-state index is 12.0. The van der Waals surface area contributed by atoms with Gasteiger partial charge in [0.15, 0.2) is 5.78 Å². The number of rotatable bonds is 27. The first-order valence-electron chi connectivity index (χ1n) is 22.4. The number of hydrazine groups is 1. The summed E-state index contributed by atoms with van der Waals surface area (Å²) in [6.07, 6.45) is 4.05. The molecule has 0 saturated carbocycles. The van der Waals surface area contributed by atoms with Crippen LogP contribution in [0.3, 0.4) is 0 Å². The Hall–Kier alpha value is -5.07. The molecule has 0 radical (unpaired) electrons. The van der Waals surface area contributed by atoms with E-state index in [9.17, 15) is 24.0 Å². The van der Waals surface area contributed by atoms with Crippen LogP contribution in [0.1, 0.15) is 105 Å². The Morgan fingerprint density at radius 3 is 1.88 bits per heavy atom. The molecular weight excluding hydrogens is 821 g/mol. The number of carbonyl (C=O) groups excluding carboxylic acids is 5. The first-order valence-corrected chi connectivity index (χ1v) is 22.4. The molecular formula is C47H80N8O9. The third kappa shape index (κ3) is 25.3. The summed E-state index contributed by atoms with van der Waals surface area (Å²) in [7, 11) is 0. The Kier molecular flexibility index (Phi) is 33.4. The highest BCUT2D eigenvalue weighted by molar-refractivity contribution is 5.96. The fourth-order valence-corrected chi connectivity index (χ4v) is 5.49. The van der Waals surface area contributed by atoms with Gasteiger partial charge in [0.1, 0.15) is 0 Å². The van der Waals surface area contributed by atoms with E-state index in [0.29, 0.717) is 115 Å². The second-order valence-electron chi connectivity index (χ2n) is 15.3. The summed E-state index contributed by atoms with van der Waals surface area (Å²) in [6, 6.07) is 14.4. The van der Waals surface area contributed by atoms with Gasteiger partial charge < -0.3 is 56.3 Å². The number of nitrogens with two attached hydrogens (primary N) is 3. The molecule has 2 unspecified atom stereocenters. The summed E-state index contributed by atoms with van der Waals surface area (Å²) in [5, 5.41) is 9.32. The van der Waals surface area contributed by atoms with Crippen molar-refractivity contribution in [1.29, 1.82) is 0 Å². The number of hydrogen-bond acceptors (Lipinski definition) is 12. The summed E-state index contributed by atoms with van der Waals surface area (Å²) in [5.41, 5.74) is 16.0. The Morgan fingerprint density at radius 1 is 0.828 bits per heavy atom. The van der Waals surface area contributed by atoms with E-state index in [1.165, 1.54) is 13.3 Å². The van der Waals surface area contributed by atoms with Crippen LogP contribution in [0.2, 0.25) is 0 Å². The lowest BCUT2D eigenvalue weighted by atomic mass is 9.96. The van der Waals surface area contributed by atoms with Gasteiger partial charge in [-0.05, 0) is 50.2 Å². The van der Waals surface area contributed by atoms with Gasteiger partial charge in [-0.3, -0.25) is 19.2 Å². The molecule has 0 fully saturated rings. The summed E-state index contributed by atoms with van der Waals surface area (Å²) in [5.74, 6) is 7.72. The quantitative estimate of drug-likeness (QED) is 0.0302. The minimum absolute atomic E-state index is 0.0000102. The molecule has 0 spiro atoms. The number of benzene rings is 2. The molecule has 1 heterocycles. The molecule has 9 N–H and O–H groups in total. The van der Waals surface area contributed by atoms with Gasteiger partial charge in [-0.2, -0.15) is 0 Å². The smallest absolute Gasteiger partial charge is 0.312 e. The predicted molar refractivity (Wildman–Crippen MR) is 254 cm³/mol. The van der Waals surface area contributed by atoms with Gasteiger partial charge in [-0.15, -0.1) is 0 Å². The van der Waals surface area contributed by atoms with E-state index in [2.05, 4.69) is 50.6 Å². The number of hydrogen-bond donors (Lipinski definition) is 6. The van der Waals surface area contributed by atoms with E-state index in [1.54, 1.807) is 9.91 Å². The summed E-state index contributed by atoms with van der Waals surface area (Å²) in [6.45, 7) is 22.7. The zero-order valence-electron chi connectivity index (χ0n) is 40.0. The highest BCUT2D eigenvalue weighted by Gasteiger charge is 2.25. The Balaban J connectivity index is 0.00000157. The van der Waals surface area contributed by atoms with E-state index in [-0.39, 0.29) is 17.7 Å². The number of ether oxygens (including phenoxy) is 4. The van der Waals surface area contributed by atoms with Gasteiger partial charge in [0.2, 0.25) is 18.7 Å². The molecule has 0 aromatic heterocycles. The zero-order chi connectivity index (χ0) is 48.3. The standard InChI is InChI=1S/C32H47N5O6.C8H15N3O3.C5H12.C2H6/c1-24(2)25(3)35-30(39)12-14-40-16-18-42-20-21-43-19-17-41-15-13-37(34)32-28-10-6-7-11-29(28)36(23-38)22-26-8-4-5-9-27(26)31(32)33;1-6(13)7(11-5-12)3-2-4-10-8(9)14;1-4-5(2)3;1-2/h4-11,23-25H,12-22,33-34H2,1-3H3,(H,35,39);5,7H,2-4H2,1H3,(H,11,12)(H3,9,10,14);5H,4H2,1-3H3;1-2H3/b32-31-;;;. The Bertz CT molecular complexity index is 1640. The summed E-state index contributed by atoms with van der Waals surface area (Å²) < 4.78 is 22.3. The molecule has 2 aromatic carbocycles. The minimum Gasteiger partial charge on any atom is -0.396 e. The topological polar surface area (TPSA) is 243 Å². The Morgan fingerprint density at radius 2 is 1.36 bits per heavy atom. The number of primary amides is 1. The van der Waals surface area contributed by atoms with Crippen molar-refractivity contribution in [2.75, 3.05) is 70.8 Å². The number of nitrogens with zero attached hydrogens (tertiary/aromatic N) is 2. The van der Waals surface area contributed by atoms with Crippen molar-refractivity contribution < 1.29 is 42.9 Å². The lowest BCUT2D eigenvalue weighted by Crippen LogP contribution is -2.36. The largest absolute Gasteiger partial charge is 0.396 e. The van der Waals surface area contributed by atoms with Crippen LogP contribution in [-0.2, 0) is 44.7 Å². The van der Waals surface area contributed by atoms with Crippen molar-refractivity contribution in [2.24, 2.45) is 29.1 Å². The summed E-state index contributed by atoms with van der Waals surface area (Å²) >= 11 is 0. The molecule has 0 bridgehead atoms. The fourth-order valence-electron chi connectivity index (χ4n) is 5.49. The third-order valence-corrected chi connectivity index (χ3v) is 9.79. The van der Waals surface area contributed by atoms with Crippen LogP contribution < -0.4 is 38.2 Å². The van der Waals surface area contributed by atoms with Crippen molar-refractivity contribution >= 4 is 47.6 Å². The van der Waals surface area contributed by atoms with Gasteiger partial charge in [-0.1, -0.05) is 97.4 Å². The lowest BCUT2D eigenvalue weighted by Gasteiger charge is -2.31. The number of amides is 5. The molecule has 17 heteroatoms. The van der Waals surface area contributed by atoms with Gasteiger partial charge in [0.25, 0.3) is 0 Å². The van der Waals surface area contributed by atoms with E-state index >= 15 is 0 Å². The molecule has 362 valence electrons. The van der Waals surface area contributed by atoms with Crippen molar-refractivity contribution in [2.45, 2.75) is 107 Å². The van der Waals surface area contributed by atoms with Crippen LogP contribution >= 0.6 is 0 Å². The maximum atomic E-state index is 12.0. The van der Waals surface area contributed by atoms with Crippen molar-refractivity contribution in [1.82, 2.24) is 21.0 Å². The second-order valence-corrected chi connectivity index (χ2v) is 15.3. The molecule has 0 saturated heterocycles. The monoisotopic (exact) mass is 901 g/mol. The molecule has 2 aromatic rings. The zero-order valence-corrected chi connectivity index (χ0v) is 40.0. The molecule has 17 nitrogen and oxygen atoms in total. The van der Waals surface area contributed by atoms with Crippen molar-refractivity contribution in [3.05, 3.63) is 65.2 Å². The fraction of sp³-hybridized carbons (Fsp3) is 0.596. The van der Waals surface area contributed by atoms with E-state index in [0.717, 1.165) is 34.7 Å². The molecule has 64 heavy (non-hydrogen) atoms. The Labute approximate surface area is 382 Å². The molecule has 1 aliphatic heterocycles. The number of ketones is 1. The SMILES string of the molecule is CC.CC(=O)C(CCCNC(N)=O)NC=O.CC(C)C(C)NC(=O)CCOCCOCCOCCOCCN(N)/C1=C(\N)c2ccccc2CN(C=O)c2ccccc21.CCC(C)C. The third-order valence-electron chi connectivity index (χ3n) is 9.79. The van der Waals surface area contributed by atoms with E-state index in [4.69, 9.17) is 36.3 Å². The van der Waals surface area contributed by atoms with Gasteiger partial charge in [0, 0.05) is 30.1 Å². The highest BCUT2D eigenvalue weighted by Crippen LogP contribution is 2.36. The number of urea groups is 1. The lowest BCUT2D eigenvalue weighted by molar-refractivity contribution is -0.123. The molecule has 0 aliphatic carbocycles. The number of carbonyl (C=O) groups is 5. The average molecular weight is 901 g/mol. The number of fused-ring (bicyclic) bond motifs is 2. The van der Waals surface area contributed by atoms with Crippen LogP contribution in [0, 0.1) is 11.8 Å². The van der Waals surface area contributed by atoms with Gasteiger partial charge in [-0.25, -0.2) is 10.6 Å². The molecule has 5 amide bonds. The summed E-state index contributed by atoms with van der Waals surface area (Å²) in [4.78, 5) is 56.8. The van der Waals surface area contributed by atoms with Crippen LogP contribution in [0.5, 0.6) is 0 Å². The van der Waals surface area contributed by atoms with Crippen LogP contribution in [0.25, 0.3) is 11.4 Å². The van der Waals surface area contributed by atoms with Gasteiger partial charge in [0.05, 0.1) is 89.1 Å². The van der Waals surface area contributed by atoms with Crippen molar-refractivity contribution in [3.63, 3.8) is 0 Å². The molecule has 1 aliphatic rings. The second kappa shape index (κ2) is 36.3. The first kappa shape index (κ1) is 58.9. The molecule has 2 atom stereocenters. The van der Waals surface area contributed by atoms with E-state index in [1.807, 2.05) is 69.3 Å². The predicted octanol–water partition coefficient (Wildman–Crippen LogP) is 4.96. The maximum Gasteiger partial charge on any atom is 0.312 e. The number of nitrogens with one attached hydrogen (secondary N) is 3. The van der Waals surface area contributed by atoms with E-state index < -0.39 is 12.1 Å². The normalized spacial score (nSPS) is 13.7. The number of para-hydroxylation sites is 1. The number of Topliss-reactive ketones (excluding diaryl/α,β-unsaturated/α-hetero) is 1. The van der Waals surface area contributed by atoms with Crippen LogP contribution in [0.15, 0.2) is 48.5 Å². The van der Waals surface area contributed by atoms with Crippen LogP contribution in [-0.4, -0.2) is 114 Å². The van der Waals surface area contributed by atoms with Crippen LogP contribution in [0.4, 0.5) is 10.5 Å². The first-order chi connectivity index (χ1) is 30.7. The van der Waals surface area contributed by atoms with Gasteiger partial charge >= 0.3 is 6.03 Å². The highest BCUT2D eigenvalue weighted by atomic mass is 16.6. The molecule has 3 rings (SSSR count). The number of anilines is 1. The average Bonchev–Trinajstić information content (AvgIpc) is 3.27.